The molecule has 0 bridgehead atoms. The number of rotatable bonds is 10. The molecule has 0 unspecified atom stereocenters. The largest absolute Gasteiger partial charge is 0.497 e. The van der Waals surface area contributed by atoms with E-state index in [1.807, 2.05) is 31.2 Å². The number of benzene rings is 2. The molecule has 1 fully saturated rings. The van der Waals surface area contributed by atoms with Crippen molar-refractivity contribution in [1.82, 2.24) is 10.2 Å². The number of hydrogen-bond acceptors (Lipinski definition) is 3. The van der Waals surface area contributed by atoms with Crippen LogP contribution in [-0.4, -0.2) is 35.9 Å². The maximum atomic E-state index is 13.4. The van der Waals surface area contributed by atoms with Crippen molar-refractivity contribution in [3.05, 3.63) is 65.2 Å². The van der Waals surface area contributed by atoms with Crippen molar-refractivity contribution >= 4 is 11.8 Å². The fraction of sp³-hybridized carbons (Fsp3) is 0.481. The van der Waals surface area contributed by atoms with Gasteiger partial charge in [-0.1, -0.05) is 61.7 Å². The Labute approximate surface area is 192 Å². The molecule has 172 valence electrons. The minimum Gasteiger partial charge on any atom is -0.497 e. The van der Waals surface area contributed by atoms with Crippen molar-refractivity contribution in [2.45, 2.75) is 77.4 Å². The van der Waals surface area contributed by atoms with Crippen LogP contribution in [0.1, 0.15) is 62.1 Å². The molecule has 2 amide bonds. The molecule has 0 aliphatic heterocycles. The van der Waals surface area contributed by atoms with E-state index >= 15 is 0 Å². The Morgan fingerprint density at radius 3 is 2.47 bits per heavy atom. The first-order valence-electron chi connectivity index (χ1n) is 11.8. The van der Waals surface area contributed by atoms with Crippen molar-refractivity contribution in [2.24, 2.45) is 0 Å². The van der Waals surface area contributed by atoms with Crippen LogP contribution in [0, 0.1) is 6.92 Å². The highest BCUT2D eigenvalue weighted by molar-refractivity contribution is 5.88. The lowest BCUT2D eigenvalue weighted by molar-refractivity contribution is -0.141. The lowest BCUT2D eigenvalue weighted by atomic mass is 10.0. The average Bonchev–Trinajstić information content (AvgIpc) is 3.31. The lowest BCUT2D eigenvalue weighted by Gasteiger charge is -2.31. The van der Waals surface area contributed by atoms with E-state index in [2.05, 4.69) is 36.5 Å². The molecule has 3 rings (SSSR count). The molecule has 0 aromatic heterocycles. The van der Waals surface area contributed by atoms with E-state index in [9.17, 15) is 9.59 Å². The van der Waals surface area contributed by atoms with E-state index in [1.165, 1.54) is 5.56 Å². The quantitative estimate of drug-likeness (QED) is 0.582. The van der Waals surface area contributed by atoms with Crippen LogP contribution in [-0.2, 0) is 22.6 Å². The van der Waals surface area contributed by atoms with Gasteiger partial charge in [0.1, 0.15) is 11.8 Å². The van der Waals surface area contributed by atoms with E-state index in [0.717, 1.165) is 42.6 Å². The second kappa shape index (κ2) is 11.7. The van der Waals surface area contributed by atoms with Gasteiger partial charge in [0.25, 0.3) is 0 Å². The highest BCUT2D eigenvalue weighted by Crippen LogP contribution is 2.21. The number of ether oxygens (including phenoxy) is 1. The maximum absolute atomic E-state index is 13.4. The summed E-state index contributed by atoms with van der Waals surface area (Å²) in [5, 5.41) is 3.20. The van der Waals surface area contributed by atoms with Crippen LogP contribution in [0.5, 0.6) is 5.75 Å². The van der Waals surface area contributed by atoms with Gasteiger partial charge < -0.3 is 15.0 Å². The first-order chi connectivity index (χ1) is 15.5. The van der Waals surface area contributed by atoms with Crippen LogP contribution in [0.25, 0.3) is 0 Å². The van der Waals surface area contributed by atoms with E-state index < -0.39 is 6.04 Å². The first-order valence-corrected chi connectivity index (χ1v) is 11.8. The van der Waals surface area contributed by atoms with Gasteiger partial charge in [-0.05, 0) is 55.9 Å². The molecule has 1 saturated carbocycles. The van der Waals surface area contributed by atoms with Gasteiger partial charge in [-0.2, -0.15) is 0 Å². The number of nitrogens with zero attached hydrogens (tertiary/aromatic N) is 1. The van der Waals surface area contributed by atoms with E-state index in [-0.39, 0.29) is 17.9 Å². The van der Waals surface area contributed by atoms with E-state index in [0.29, 0.717) is 25.8 Å². The second-order valence-electron chi connectivity index (χ2n) is 8.77. The molecule has 1 aliphatic carbocycles. The number of nitrogens with one attached hydrogen (secondary N) is 1. The standard InChI is InChI=1S/C27H36N2O3/c1-4-25(27(31)28-23-9-5-6-10-23)29(19-22-8-7-11-24(18-22)32-3)26(30)17-16-21-14-12-20(2)13-15-21/h7-8,11-15,18,23,25H,4-6,9-10,16-17,19H2,1-3H3,(H,28,31)/t25-/m0/s1. The Hall–Kier alpha value is -2.82. The Morgan fingerprint density at radius 2 is 1.81 bits per heavy atom. The minimum absolute atomic E-state index is 0.00168. The van der Waals surface area contributed by atoms with E-state index in [1.54, 1.807) is 12.0 Å². The molecule has 0 radical (unpaired) electrons. The third kappa shape index (κ3) is 6.59. The summed E-state index contributed by atoms with van der Waals surface area (Å²) in [5.41, 5.74) is 3.29. The topological polar surface area (TPSA) is 58.6 Å². The second-order valence-corrected chi connectivity index (χ2v) is 8.77. The monoisotopic (exact) mass is 436 g/mol. The van der Waals surface area contributed by atoms with Gasteiger partial charge in [-0.15, -0.1) is 0 Å². The van der Waals surface area contributed by atoms with Crippen molar-refractivity contribution in [2.75, 3.05) is 7.11 Å². The molecule has 1 aliphatic rings. The number of amides is 2. The van der Waals surface area contributed by atoms with Gasteiger partial charge >= 0.3 is 0 Å². The van der Waals surface area contributed by atoms with Crippen molar-refractivity contribution < 1.29 is 14.3 Å². The summed E-state index contributed by atoms with van der Waals surface area (Å²) < 4.78 is 5.35. The van der Waals surface area contributed by atoms with Gasteiger partial charge in [-0.3, -0.25) is 9.59 Å². The molecule has 5 nitrogen and oxygen atoms in total. The third-order valence-electron chi connectivity index (χ3n) is 6.32. The Morgan fingerprint density at radius 1 is 1.09 bits per heavy atom. The minimum atomic E-state index is -0.479. The van der Waals surface area contributed by atoms with Gasteiger partial charge in [-0.25, -0.2) is 0 Å². The van der Waals surface area contributed by atoms with Crippen LogP contribution < -0.4 is 10.1 Å². The molecular formula is C27H36N2O3. The Bertz CT molecular complexity index is 888. The van der Waals surface area contributed by atoms with Crippen molar-refractivity contribution in [3.8, 4) is 5.75 Å². The van der Waals surface area contributed by atoms with Gasteiger partial charge in [0, 0.05) is 19.0 Å². The van der Waals surface area contributed by atoms with Crippen LogP contribution in [0.3, 0.4) is 0 Å². The molecule has 0 spiro atoms. The molecule has 1 atom stereocenters. The summed E-state index contributed by atoms with van der Waals surface area (Å²) in [6.45, 7) is 4.42. The summed E-state index contributed by atoms with van der Waals surface area (Å²) in [6.07, 6.45) is 5.99. The fourth-order valence-corrected chi connectivity index (χ4v) is 4.40. The van der Waals surface area contributed by atoms with Crippen molar-refractivity contribution in [3.63, 3.8) is 0 Å². The zero-order valence-electron chi connectivity index (χ0n) is 19.6. The van der Waals surface area contributed by atoms with Crippen LogP contribution in [0.15, 0.2) is 48.5 Å². The molecule has 2 aromatic rings. The zero-order chi connectivity index (χ0) is 22.9. The normalized spacial score (nSPS) is 14.7. The van der Waals surface area contributed by atoms with Crippen LogP contribution in [0.4, 0.5) is 0 Å². The molecule has 0 heterocycles. The molecule has 1 N–H and O–H groups in total. The van der Waals surface area contributed by atoms with Crippen LogP contribution in [0.2, 0.25) is 0 Å². The predicted octanol–water partition coefficient (Wildman–Crippen LogP) is 4.80. The summed E-state index contributed by atoms with van der Waals surface area (Å²) in [4.78, 5) is 28.3. The van der Waals surface area contributed by atoms with Gasteiger partial charge in [0.2, 0.25) is 11.8 Å². The summed E-state index contributed by atoms with van der Waals surface area (Å²) in [6, 6.07) is 15.7. The molecular weight excluding hydrogens is 400 g/mol. The van der Waals surface area contributed by atoms with Gasteiger partial charge in [0.15, 0.2) is 0 Å². The number of hydrogen-bond donors (Lipinski definition) is 1. The number of carbonyl (C=O) groups excluding carboxylic acids is 2. The van der Waals surface area contributed by atoms with E-state index in [4.69, 9.17) is 4.74 Å². The summed E-state index contributed by atoms with van der Waals surface area (Å²) in [7, 11) is 1.63. The maximum Gasteiger partial charge on any atom is 0.243 e. The SMILES string of the molecule is CC[C@@H](C(=O)NC1CCCC1)N(Cc1cccc(OC)c1)C(=O)CCc1ccc(C)cc1. The molecule has 5 heteroatoms. The summed E-state index contributed by atoms with van der Waals surface area (Å²) >= 11 is 0. The van der Waals surface area contributed by atoms with Crippen molar-refractivity contribution in [1.29, 1.82) is 0 Å². The Balaban J connectivity index is 1.76. The average molecular weight is 437 g/mol. The third-order valence-corrected chi connectivity index (χ3v) is 6.32. The highest BCUT2D eigenvalue weighted by atomic mass is 16.5. The van der Waals surface area contributed by atoms with Gasteiger partial charge in [0.05, 0.1) is 7.11 Å². The number of methoxy groups -OCH3 is 1. The smallest absolute Gasteiger partial charge is 0.243 e. The number of carbonyl (C=O) groups is 2. The molecule has 0 saturated heterocycles. The van der Waals surface area contributed by atoms with Crippen LogP contribution >= 0.6 is 0 Å². The zero-order valence-corrected chi connectivity index (χ0v) is 19.6. The lowest BCUT2D eigenvalue weighted by Crippen LogP contribution is -2.51. The highest BCUT2D eigenvalue weighted by Gasteiger charge is 2.30. The summed E-state index contributed by atoms with van der Waals surface area (Å²) in [5.74, 6) is 0.714. The fourth-order valence-electron chi connectivity index (χ4n) is 4.40. The molecule has 32 heavy (non-hydrogen) atoms. The first kappa shape index (κ1) is 23.8. The number of aryl methyl sites for hydroxylation is 2. The predicted molar refractivity (Wildman–Crippen MR) is 128 cm³/mol. The molecule has 2 aromatic carbocycles. The Kier molecular flexibility index (Phi) is 8.72.